The second kappa shape index (κ2) is 11.4. The highest BCUT2D eigenvalue weighted by Crippen LogP contribution is 1.95. The number of nitrogens with one attached hydrogen (secondary N) is 1. The van der Waals surface area contributed by atoms with Crippen LogP contribution in [-0.4, -0.2) is 54.2 Å². The SMILES string of the molecule is CN(C)C(=O)O.CNC(=O)/C=C/CCCC(=O)O. The van der Waals surface area contributed by atoms with Gasteiger partial charge in [0, 0.05) is 27.6 Å². The minimum atomic E-state index is -0.907. The summed E-state index contributed by atoms with van der Waals surface area (Å²) in [7, 11) is 4.49. The monoisotopic (exact) mass is 260 g/mol. The predicted octanol–water partition coefficient (Wildman–Crippen LogP) is 0.769. The highest BCUT2D eigenvalue weighted by atomic mass is 16.4. The molecule has 0 bridgehead atoms. The molecule has 0 heterocycles. The number of hydrogen-bond donors (Lipinski definition) is 3. The first-order chi connectivity index (χ1) is 8.31. The maximum atomic E-state index is 10.6. The van der Waals surface area contributed by atoms with Crippen LogP contribution in [0.25, 0.3) is 0 Å². The molecule has 0 aliphatic rings. The summed E-state index contributed by atoms with van der Waals surface area (Å²) in [5.74, 6) is -0.964. The lowest BCUT2D eigenvalue weighted by Gasteiger charge is -1.99. The van der Waals surface area contributed by atoms with Crippen LogP contribution in [0.1, 0.15) is 19.3 Å². The molecule has 0 saturated carbocycles. The zero-order valence-electron chi connectivity index (χ0n) is 10.8. The average molecular weight is 260 g/mol. The fourth-order valence-electron chi connectivity index (χ4n) is 0.645. The Morgan fingerprint density at radius 3 is 2.06 bits per heavy atom. The molecule has 0 aliphatic carbocycles. The number of hydrogen-bond acceptors (Lipinski definition) is 3. The summed E-state index contributed by atoms with van der Waals surface area (Å²) in [6, 6.07) is 0. The summed E-state index contributed by atoms with van der Waals surface area (Å²) in [4.78, 5) is 31.4. The number of likely N-dealkylation sites (N-methyl/N-ethyl adjacent to an activating group) is 1. The summed E-state index contributed by atoms with van der Waals surface area (Å²) >= 11 is 0. The summed E-state index contributed by atoms with van der Waals surface area (Å²) < 4.78 is 0. The molecule has 0 aromatic carbocycles. The molecule has 0 radical (unpaired) electrons. The van der Waals surface area contributed by atoms with Gasteiger partial charge in [-0.15, -0.1) is 0 Å². The van der Waals surface area contributed by atoms with E-state index in [1.54, 1.807) is 13.1 Å². The molecule has 104 valence electrons. The Balaban J connectivity index is 0. The van der Waals surface area contributed by atoms with Gasteiger partial charge in [-0.25, -0.2) is 4.79 Å². The van der Waals surface area contributed by atoms with Crippen LogP contribution in [0.5, 0.6) is 0 Å². The third-order valence-corrected chi connectivity index (χ3v) is 1.66. The molecular weight excluding hydrogens is 240 g/mol. The minimum Gasteiger partial charge on any atom is -0.481 e. The van der Waals surface area contributed by atoms with E-state index >= 15 is 0 Å². The maximum absolute atomic E-state index is 10.6. The van der Waals surface area contributed by atoms with Gasteiger partial charge in [0.25, 0.3) is 0 Å². The van der Waals surface area contributed by atoms with Gasteiger partial charge in [-0.1, -0.05) is 6.08 Å². The van der Waals surface area contributed by atoms with E-state index in [1.807, 2.05) is 0 Å². The van der Waals surface area contributed by atoms with Crippen LogP contribution in [0.3, 0.4) is 0 Å². The van der Waals surface area contributed by atoms with Crippen LogP contribution in [0.2, 0.25) is 0 Å². The van der Waals surface area contributed by atoms with E-state index in [-0.39, 0.29) is 12.3 Å². The zero-order chi connectivity index (χ0) is 14.6. The number of unbranched alkanes of at least 4 members (excludes halogenated alkanes) is 1. The first kappa shape index (κ1) is 18.3. The summed E-state index contributed by atoms with van der Waals surface area (Å²) in [6.45, 7) is 0. The Hall–Kier alpha value is -2.05. The van der Waals surface area contributed by atoms with E-state index in [4.69, 9.17) is 10.2 Å². The number of carboxylic acid groups (broad SMARTS) is 2. The molecule has 0 spiro atoms. The Morgan fingerprint density at radius 1 is 1.22 bits per heavy atom. The molecular formula is C11H20N2O5. The minimum absolute atomic E-state index is 0.151. The quantitative estimate of drug-likeness (QED) is 0.500. The number of allylic oxidation sites excluding steroid dienone is 1. The second-order valence-electron chi connectivity index (χ2n) is 3.48. The predicted molar refractivity (Wildman–Crippen MR) is 66.4 cm³/mol. The molecule has 0 aromatic rings. The van der Waals surface area contributed by atoms with Crippen molar-refractivity contribution in [2.45, 2.75) is 19.3 Å². The molecule has 7 heteroatoms. The van der Waals surface area contributed by atoms with Gasteiger partial charge in [-0.05, 0) is 18.9 Å². The average Bonchev–Trinajstić information content (AvgIpc) is 2.28. The lowest BCUT2D eigenvalue weighted by Crippen LogP contribution is -2.18. The number of carboxylic acids is 1. The van der Waals surface area contributed by atoms with E-state index in [2.05, 4.69) is 5.32 Å². The number of carbonyl (C=O) groups is 3. The van der Waals surface area contributed by atoms with Gasteiger partial charge in [0.1, 0.15) is 0 Å². The Bertz CT molecular complexity index is 300. The van der Waals surface area contributed by atoms with Crippen molar-refractivity contribution in [2.75, 3.05) is 21.1 Å². The molecule has 0 aromatic heterocycles. The molecule has 0 atom stereocenters. The first-order valence-electron chi connectivity index (χ1n) is 5.31. The van der Waals surface area contributed by atoms with Crippen molar-refractivity contribution in [3.05, 3.63) is 12.2 Å². The summed E-state index contributed by atoms with van der Waals surface area (Å²) in [5, 5.41) is 18.6. The van der Waals surface area contributed by atoms with Crippen LogP contribution in [0, 0.1) is 0 Å². The van der Waals surface area contributed by atoms with Gasteiger partial charge in [-0.2, -0.15) is 0 Å². The highest BCUT2D eigenvalue weighted by Gasteiger charge is 1.94. The lowest BCUT2D eigenvalue weighted by molar-refractivity contribution is -0.137. The normalized spacial score (nSPS) is 9.28. The molecule has 0 fully saturated rings. The molecule has 0 aliphatic heterocycles. The van der Waals surface area contributed by atoms with Gasteiger partial charge in [0.15, 0.2) is 0 Å². The van der Waals surface area contributed by atoms with Gasteiger partial charge in [0.05, 0.1) is 0 Å². The largest absolute Gasteiger partial charge is 0.481 e. The molecule has 7 nitrogen and oxygen atoms in total. The van der Waals surface area contributed by atoms with Crippen molar-refractivity contribution >= 4 is 18.0 Å². The molecule has 0 rings (SSSR count). The van der Waals surface area contributed by atoms with E-state index in [1.165, 1.54) is 20.2 Å². The highest BCUT2D eigenvalue weighted by molar-refractivity contribution is 5.87. The van der Waals surface area contributed by atoms with Crippen molar-refractivity contribution in [2.24, 2.45) is 0 Å². The first-order valence-corrected chi connectivity index (χ1v) is 5.31. The van der Waals surface area contributed by atoms with Gasteiger partial charge in [-0.3, -0.25) is 9.59 Å². The lowest BCUT2D eigenvalue weighted by atomic mass is 10.2. The van der Waals surface area contributed by atoms with E-state index in [0.29, 0.717) is 12.8 Å². The fraction of sp³-hybridized carbons (Fsp3) is 0.545. The zero-order valence-corrected chi connectivity index (χ0v) is 10.8. The molecule has 0 unspecified atom stereocenters. The van der Waals surface area contributed by atoms with Gasteiger partial charge >= 0.3 is 12.1 Å². The van der Waals surface area contributed by atoms with Crippen molar-refractivity contribution in [1.82, 2.24) is 10.2 Å². The van der Waals surface area contributed by atoms with Crippen LogP contribution in [-0.2, 0) is 9.59 Å². The number of nitrogens with zero attached hydrogens (tertiary/aromatic N) is 1. The van der Waals surface area contributed by atoms with Crippen molar-refractivity contribution in [3.8, 4) is 0 Å². The molecule has 0 saturated heterocycles. The number of aliphatic carboxylic acids is 1. The number of carbonyl (C=O) groups excluding carboxylic acids is 1. The second-order valence-corrected chi connectivity index (χ2v) is 3.48. The Morgan fingerprint density at radius 2 is 1.72 bits per heavy atom. The third kappa shape index (κ3) is 16.4. The Kier molecular flexibility index (Phi) is 11.6. The van der Waals surface area contributed by atoms with Crippen LogP contribution in [0.15, 0.2) is 12.2 Å². The molecule has 18 heavy (non-hydrogen) atoms. The van der Waals surface area contributed by atoms with Crippen LogP contribution >= 0.6 is 0 Å². The summed E-state index contributed by atoms with van der Waals surface area (Å²) in [6.07, 6.45) is 3.51. The van der Waals surface area contributed by atoms with Crippen molar-refractivity contribution < 1.29 is 24.6 Å². The summed E-state index contributed by atoms with van der Waals surface area (Å²) in [5.41, 5.74) is 0. The van der Waals surface area contributed by atoms with Gasteiger partial charge < -0.3 is 20.4 Å². The van der Waals surface area contributed by atoms with Crippen molar-refractivity contribution in [1.29, 1.82) is 0 Å². The number of rotatable bonds is 5. The maximum Gasteiger partial charge on any atom is 0.406 e. The standard InChI is InChI=1S/C8H13NO3.C3H7NO2/c1-9-7(10)5-3-2-4-6-8(11)12;1-4(2)3(5)6/h3,5H,2,4,6H2,1H3,(H,9,10)(H,11,12);1-2H3,(H,5,6)/b5-3+;. The van der Waals surface area contributed by atoms with Crippen LogP contribution in [0.4, 0.5) is 4.79 Å². The molecule has 3 N–H and O–H groups in total. The molecule has 2 amide bonds. The topological polar surface area (TPSA) is 107 Å². The van der Waals surface area contributed by atoms with Crippen LogP contribution < -0.4 is 5.32 Å². The van der Waals surface area contributed by atoms with E-state index in [0.717, 1.165) is 4.90 Å². The smallest absolute Gasteiger partial charge is 0.406 e. The fourth-order valence-corrected chi connectivity index (χ4v) is 0.645. The van der Waals surface area contributed by atoms with E-state index < -0.39 is 12.1 Å². The number of amides is 2. The third-order valence-electron chi connectivity index (χ3n) is 1.66. The van der Waals surface area contributed by atoms with E-state index in [9.17, 15) is 14.4 Å². The van der Waals surface area contributed by atoms with Gasteiger partial charge in [0.2, 0.25) is 5.91 Å². The Labute approximate surface area is 106 Å². The van der Waals surface area contributed by atoms with Crippen molar-refractivity contribution in [3.63, 3.8) is 0 Å².